The number of nitriles is 1. The van der Waals surface area contributed by atoms with E-state index < -0.39 is 5.24 Å². The number of carbonyl (C=O) groups is 2. The van der Waals surface area contributed by atoms with Gasteiger partial charge in [-0.2, -0.15) is 5.26 Å². The number of nitrogens with zero attached hydrogens (tertiary/aromatic N) is 6. The third-order valence-corrected chi connectivity index (χ3v) is 6.56. The predicted octanol–water partition coefficient (Wildman–Crippen LogP) is 3.66. The third-order valence-electron chi connectivity index (χ3n) is 6.34. The van der Waals surface area contributed by atoms with Gasteiger partial charge in [0.2, 0.25) is 5.91 Å². The fourth-order valence-corrected chi connectivity index (χ4v) is 4.94. The number of carbonyl (C=O) groups excluding carboxylic acids is 2. The van der Waals surface area contributed by atoms with Gasteiger partial charge in [0.1, 0.15) is 18.6 Å². The molecule has 9 nitrogen and oxygen atoms in total. The summed E-state index contributed by atoms with van der Waals surface area (Å²) in [6.45, 7) is 2.71. The van der Waals surface area contributed by atoms with E-state index >= 15 is 0 Å². The first-order chi connectivity index (χ1) is 15.8. The molecule has 0 bridgehead atoms. The summed E-state index contributed by atoms with van der Waals surface area (Å²) < 4.78 is 1.36. The van der Waals surface area contributed by atoms with Crippen molar-refractivity contribution >= 4 is 58.7 Å². The monoisotopic (exact) mass is 499 g/mol. The molecule has 2 aromatic heterocycles. The molecule has 0 spiro atoms. The fourth-order valence-electron chi connectivity index (χ4n) is 4.78. The Hall–Kier alpha value is -3.29. The summed E-state index contributed by atoms with van der Waals surface area (Å²) in [5.41, 5.74) is 7.96. The van der Waals surface area contributed by atoms with Gasteiger partial charge in [-0.15, -0.1) is 12.4 Å². The van der Waals surface area contributed by atoms with Gasteiger partial charge in [0.05, 0.1) is 23.5 Å². The molecule has 34 heavy (non-hydrogen) atoms. The number of likely N-dealkylation sites (N-methyl/N-ethyl adjacent to an activating group) is 1. The molecule has 11 heteroatoms. The van der Waals surface area contributed by atoms with Crippen molar-refractivity contribution in [2.45, 2.75) is 31.8 Å². The molecule has 1 aromatic carbocycles. The normalized spacial score (nSPS) is 19.8. The number of benzene rings is 1. The summed E-state index contributed by atoms with van der Waals surface area (Å²) in [7, 11) is 1.94. The topological polar surface area (TPSA) is 121 Å². The zero-order valence-electron chi connectivity index (χ0n) is 18.8. The van der Waals surface area contributed by atoms with Crippen molar-refractivity contribution in [3.63, 3.8) is 0 Å². The Morgan fingerprint density at radius 1 is 1.26 bits per heavy atom. The first-order valence-corrected chi connectivity index (χ1v) is 11.1. The molecule has 1 aliphatic heterocycles. The van der Waals surface area contributed by atoms with E-state index in [9.17, 15) is 9.59 Å². The number of aromatic nitrogens is 3. The van der Waals surface area contributed by atoms with Gasteiger partial charge in [-0.25, -0.2) is 9.97 Å². The first-order valence-electron chi connectivity index (χ1n) is 10.6. The van der Waals surface area contributed by atoms with E-state index in [-0.39, 0.29) is 42.7 Å². The van der Waals surface area contributed by atoms with Crippen molar-refractivity contribution in [3.05, 3.63) is 48.4 Å². The van der Waals surface area contributed by atoms with Crippen LogP contribution in [0.1, 0.15) is 31.4 Å². The minimum absolute atomic E-state index is 0. The van der Waals surface area contributed by atoms with Crippen molar-refractivity contribution < 1.29 is 9.59 Å². The highest BCUT2D eigenvalue weighted by Gasteiger charge is 2.42. The number of piperidine rings is 1. The summed E-state index contributed by atoms with van der Waals surface area (Å²) in [5, 5.41) is 9.43. The molecular formula is C23H26ClN7O2S. The summed E-state index contributed by atoms with van der Waals surface area (Å²) >= 11 is 3.93. The van der Waals surface area contributed by atoms with Crippen molar-refractivity contribution in [1.82, 2.24) is 19.4 Å². The van der Waals surface area contributed by atoms with E-state index in [1.165, 1.54) is 10.9 Å². The molecular weight excluding hydrogens is 474 g/mol. The molecule has 0 radical (unpaired) electrons. The van der Waals surface area contributed by atoms with E-state index in [2.05, 4.69) is 34.4 Å². The summed E-state index contributed by atoms with van der Waals surface area (Å²) in [6.07, 6.45) is 3.64. The van der Waals surface area contributed by atoms with E-state index in [1.54, 1.807) is 17.2 Å². The number of nitrogen functional groups attached to an aromatic ring is 1. The van der Waals surface area contributed by atoms with E-state index in [0.29, 0.717) is 29.1 Å². The Labute approximate surface area is 209 Å². The Bertz CT molecular complexity index is 1240. The van der Waals surface area contributed by atoms with E-state index in [0.717, 1.165) is 12.0 Å². The smallest absolute Gasteiger partial charge is 0.288 e. The highest BCUT2D eigenvalue weighted by molar-refractivity contribution is 7.96. The quantitative estimate of drug-likeness (QED) is 0.415. The number of nitrogens with two attached hydrogens (primary N) is 1. The Kier molecular flexibility index (Phi) is 7.69. The van der Waals surface area contributed by atoms with Crippen molar-refractivity contribution in [1.29, 1.82) is 5.26 Å². The molecule has 0 aliphatic carbocycles. The van der Waals surface area contributed by atoms with Crippen LogP contribution in [-0.2, 0) is 4.79 Å². The minimum Gasteiger partial charge on any atom is -0.399 e. The molecule has 1 unspecified atom stereocenters. The van der Waals surface area contributed by atoms with Crippen molar-refractivity contribution in [2.24, 2.45) is 5.92 Å². The number of thiol groups is 1. The molecule has 4 rings (SSSR count). The van der Waals surface area contributed by atoms with Crippen LogP contribution >= 0.6 is 25.0 Å². The van der Waals surface area contributed by atoms with Gasteiger partial charge in [-0.1, -0.05) is 31.7 Å². The maximum Gasteiger partial charge on any atom is 0.288 e. The second-order valence-corrected chi connectivity index (χ2v) is 8.69. The second-order valence-electron chi connectivity index (χ2n) is 8.30. The van der Waals surface area contributed by atoms with Crippen LogP contribution in [0.2, 0.25) is 0 Å². The molecule has 178 valence electrons. The second kappa shape index (κ2) is 10.3. The van der Waals surface area contributed by atoms with Crippen LogP contribution < -0.4 is 10.6 Å². The molecule has 3 heterocycles. The number of hydrogen-bond acceptors (Lipinski definition) is 7. The molecule has 3 atom stereocenters. The lowest BCUT2D eigenvalue weighted by atomic mass is 9.82. The number of rotatable bonds is 4. The largest absolute Gasteiger partial charge is 0.399 e. The number of likely N-dealkylation sites (tertiary alicyclic amines) is 1. The van der Waals surface area contributed by atoms with Crippen LogP contribution in [0, 0.1) is 17.2 Å². The van der Waals surface area contributed by atoms with Gasteiger partial charge in [-0.05, 0) is 36.1 Å². The Morgan fingerprint density at radius 3 is 2.62 bits per heavy atom. The highest BCUT2D eigenvalue weighted by atomic mass is 35.5. The predicted molar refractivity (Wildman–Crippen MR) is 136 cm³/mol. The van der Waals surface area contributed by atoms with Gasteiger partial charge in [0.15, 0.2) is 5.65 Å². The van der Waals surface area contributed by atoms with Crippen LogP contribution in [0.25, 0.3) is 11.0 Å². The fraction of sp³-hybridized carbons (Fsp3) is 0.348. The molecule has 0 saturated carbocycles. The van der Waals surface area contributed by atoms with Crippen molar-refractivity contribution in [3.8, 4) is 6.07 Å². The zero-order valence-corrected chi connectivity index (χ0v) is 20.5. The van der Waals surface area contributed by atoms with Gasteiger partial charge >= 0.3 is 0 Å². The molecule has 1 amide bonds. The van der Waals surface area contributed by atoms with Crippen LogP contribution in [0.15, 0.2) is 42.9 Å². The standard InChI is InChI=1S/C23H25N7O2S.ClH/c1-14-8-11-29(18(31)7-10-24)20(15-3-5-16(25)6-4-15)19(14)28(2)21-17-9-12-30(23(32)33)22(17)27-13-26-21;/h3-6,9,12-14,19-20H,7-8,11,25H2,1-2H3,(H,32,33);1H/t14-,19-,20?;/m1./s1. The number of amides is 1. The Balaban J connectivity index is 0.00000324. The lowest BCUT2D eigenvalue weighted by Gasteiger charge is -2.48. The summed E-state index contributed by atoms with van der Waals surface area (Å²) in [6, 6.07) is 10.8. The lowest BCUT2D eigenvalue weighted by Crippen LogP contribution is -2.54. The van der Waals surface area contributed by atoms with E-state index in [4.69, 9.17) is 11.0 Å². The first kappa shape index (κ1) is 25.3. The Morgan fingerprint density at radius 2 is 1.97 bits per heavy atom. The number of anilines is 2. The zero-order chi connectivity index (χ0) is 23.7. The van der Waals surface area contributed by atoms with Crippen LogP contribution in [0.5, 0.6) is 0 Å². The number of fused-ring (bicyclic) bond motifs is 1. The maximum atomic E-state index is 12.9. The van der Waals surface area contributed by atoms with Gasteiger partial charge in [0.25, 0.3) is 5.24 Å². The molecule has 1 aliphatic rings. The summed E-state index contributed by atoms with van der Waals surface area (Å²) in [4.78, 5) is 37.4. The van der Waals surface area contributed by atoms with Gasteiger partial charge in [-0.3, -0.25) is 14.2 Å². The molecule has 2 N–H and O–H groups in total. The maximum absolute atomic E-state index is 12.9. The third kappa shape index (κ3) is 4.54. The molecule has 1 fully saturated rings. The van der Waals surface area contributed by atoms with Crippen LogP contribution in [-0.4, -0.2) is 50.2 Å². The SMILES string of the molecule is C[C@@H]1CCN(C(=O)CC#N)C(c2ccc(N)cc2)[C@@H]1N(C)c1ncnc2c1ccn2C(=O)S.Cl. The average molecular weight is 500 g/mol. The van der Waals surface area contributed by atoms with Gasteiger partial charge in [0, 0.05) is 25.5 Å². The van der Waals surface area contributed by atoms with E-state index in [1.807, 2.05) is 37.4 Å². The lowest BCUT2D eigenvalue weighted by molar-refractivity contribution is -0.135. The van der Waals surface area contributed by atoms with Crippen LogP contribution in [0.3, 0.4) is 0 Å². The highest BCUT2D eigenvalue weighted by Crippen LogP contribution is 2.40. The minimum atomic E-state index is -0.434. The van der Waals surface area contributed by atoms with Crippen molar-refractivity contribution in [2.75, 3.05) is 24.2 Å². The summed E-state index contributed by atoms with van der Waals surface area (Å²) in [5.74, 6) is 0.659. The number of halogens is 1. The van der Waals surface area contributed by atoms with Gasteiger partial charge < -0.3 is 15.5 Å². The van der Waals surface area contributed by atoms with Crippen LogP contribution in [0.4, 0.5) is 16.3 Å². The molecule has 1 saturated heterocycles. The average Bonchev–Trinajstić information content (AvgIpc) is 3.24. The number of hydrogen-bond donors (Lipinski definition) is 2. The molecule has 3 aromatic rings.